The Morgan fingerprint density at radius 3 is 1.75 bits per heavy atom. The van der Waals surface area contributed by atoms with Gasteiger partial charge in [-0.15, -0.1) is 0 Å². The Kier molecular flexibility index (Phi) is 7.06. The highest BCUT2D eigenvalue weighted by atomic mass is 33.7. The molecule has 5 nitrogen and oxygen atoms in total. The van der Waals surface area contributed by atoms with Crippen molar-refractivity contribution in [2.75, 3.05) is 13.2 Å². The summed E-state index contributed by atoms with van der Waals surface area (Å²) in [6.07, 6.45) is 1.69. The summed E-state index contributed by atoms with van der Waals surface area (Å²) in [5.74, 6) is 0. The van der Waals surface area contributed by atoms with Crippen LogP contribution in [0.4, 0.5) is 0 Å². The van der Waals surface area contributed by atoms with E-state index in [1.807, 2.05) is 13.8 Å². The Morgan fingerprint density at radius 1 is 1.00 bits per heavy atom. The van der Waals surface area contributed by atoms with Crippen LogP contribution in [-0.4, -0.2) is 29.6 Å². The van der Waals surface area contributed by atoms with Crippen molar-refractivity contribution in [1.82, 2.24) is 0 Å². The summed E-state index contributed by atoms with van der Waals surface area (Å²) in [7, 11) is 0.676. The van der Waals surface area contributed by atoms with Crippen molar-refractivity contribution in [3.05, 3.63) is 0 Å². The molecule has 20 heavy (non-hydrogen) atoms. The lowest BCUT2D eigenvalue weighted by molar-refractivity contribution is 0.127. The van der Waals surface area contributed by atoms with Crippen LogP contribution >= 0.6 is 32.2 Å². The predicted molar refractivity (Wildman–Crippen MR) is 94.1 cm³/mol. The minimum Gasteiger partial charge on any atom is -0.321 e. The van der Waals surface area contributed by atoms with Crippen LogP contribution in [0.1, 0.15) is 26.7 Å². The summed E-state index contributed by atoms with van der Waals surface area (Å²) in [5.41, 5.74) is -5.10. The minimum absolute atomic E-state index is 0.0403. The molecule has 2 rings (SSSR count). The zero-order chi connectivity index (χ0) is 14.8. The van der Waals surface area contributed by atoms with Gasteiger partial charge in [0.1, 0.15) is 0 Å². The SMILES string of the molecule is CC1CCOP(=S)(SS(=O)SP2(=S)OCCC(C)O2)O1. The molecule has 4 atom stereocenters. The van der Waals surface area contributed by atoms with Crippen LogP contribution in [0.15, 0.2) is 0 Å². The Morgan fingerprint density at radius 2 is 1.40 bits per heavy atom. The van der Waals surface area contributed by atoms with E-state index in [1.165, 1.54) is 0 Å². The fourth-order valence-electron chi connectivity index (χ4n) is 1.51. The third kappa shape index (κ3) is 5.57. The average molecular weight is 414 g/mol. The maximum Gasteiger partial charge on any atom is 0.261 e. The second-order valence-electron chi connectivity index (χ2n) is 4.32. The molecule has 0 bridgehead atoms. The summed E-state index contributed by atoms with van der Waals surface area (Å²) in [6.45, 7) is 4.98. The molecule has 0 saturated carbocycles. The second kappa shape index (κ2) is 7.71. The van der Waals surface area contributed by atoms with E-state index in [0.29, 0.717) is 13.2 Å². The molecule has 0 amide bonds. The molecule has 0 aliphatic carbocycles. The fraction of sp³-hybridized carbons (Fsp3) is 1.00. The van der Waals surface area contributed by atoms with Crippen molar-refractivity contribution in [3.8, 4) is 0 Å². The van der Waals surface area contributed by atoms with Crippen LogP contribution in [0.5, 0.6) is 0 Å². The van der Waals surface area contributed by atoms with E-state index in [-0.39, 0.29) is 12.2 Å². The van der Waals surface area contributed by atoms with E-state index in [2.05, 4.69) is 0 Å². The summed E-state index contributed by atoms with van der Waals surface area (Å²) < 4.78 is 34.5. The first-order chi connectivity index (χ1) is 9.30. The maximum atomic E-state index is 12.2. The van der Waals surface area contributed by atoms with Crippen molar-refractivity contribution in [1.29, 1.82) is 0 Å². The molecule has 2 aliphatic rings. The van der Waals surface area contributed by atoms with E-state index in [1.54, 1.807) is 0 Å². The molecule has 0 N–H and O–H groups in total. The van der Waals surface area contributed by atoms with Crippen LogP contribution in [0.25, 0.3) is 0 Å². The molecule has 0 aromatic heterocycles. The van der Waals surface area contributed by atoms with Crippen LogP contribution in [-0.2, 0) is 50.6 Å². The molecule has 118 valence electrons. The van der Waals surface area contributed by atoms with Gasteiger partial charge in [0.2, 0.25) is 0 Å². The second-order valence-corrected chi connectivity index (χ2v) is 20.9. The Balaban J connectivity index is 1.92. The third-order valence-corrected chi connectivity index (χ3v) is 21.5. The predicted octanol–water partition coefficient (Wildman–Crippen LogP) is 4.13. The van der Waals surface area contributed by atoms with Crippen LogP contribution in [0.2, 0.25) is 0 Å². The standard InChI is InChI=1S/C8H16O5P2S5/c1-7-3-5-10-14(16,12-7)18-20(9)19-15(17)11-6-4-8(2)13-15/h7-8H,3-6H2,1-2H3. The van der Waals surface area contributed by atoms with E-state index >= 15 is 0 Å². The Labute approximate surface area is 138 Å². The highest BCUT2D eigenvalue weighted by molar-refractivity contribution is 9.25. The Bertz CT molecular complexity index is 434. The van der Waals surface area contributed by atoms with Gasteiger partial charge in [-0.3, -0.25) is 0 Å². The van der Waals surface area contributed by atoms with Gasteiger partial charge in [-0.2, -0.15) is 0 Å². The van der Waals surface area contributed by atoms with Gasteiger partial charge in [0.25, 0.3) is 11.4 Å². The van der Waals surface area contributed by atoms with Crippen LogP contribution < -0.4 is 0 Å². The summed E-state index contributed by atoms with van der Waals surface area (Å²) in [4.78, 5) is 0. The van der Waals surface area contributed by atoms with Gasteiger partial charge in [-0.25, -0.2) is 4.21 Å². The summed E-state index contributed by atoms with van der Waals surface area (Å²) in [6, 6.07) is 0. The van der Waals surface area contributed by atoms with E-state index in [0.717, 1.165) is 33.7 Å². The zero-order valence-electron chi connectivity index (χ0n) is 11.0. The first kappa shape index (κ1) is 18.3. The van der Waals surface area contributed by atoms with Gasteiger partial charge in [0, 0.05) is 20.8 Å². The Hall–Kier alpha value is 1.99. The molecule has 0 aromatic rings. The number of rotatable bonds is 4. The summed E-state index contributed by atoms with van der Waals surface area (Å²) >= 11 is 10.7. The molecule has 0 aromatic carbocycles. The molecule has 2 fully saturated rings. The lowest BCUT2D eigenvalue weighted by Gasteiger charge is -2.31. The number of hydrogen-bond acceptors (Lipinski definition) is 9. The van der Waals surface area contributed by atoms with Crippen LogP contribution in [0, 0.1) is 0 Å². The van der Waals surface area contributed by atoms with Gasteiger partial charge in [0.15, 0.2) is 8.86 Å². The van der Waals surface area contributed by atoms with Crippen molar-refractivity contribution >= 4 is 64.7 Å². The minimum atomic E-state index is -2.55. The smallest absolute Gasteiger partial charge is 0.261 e. The maximum absolute atomic E-state index is 12.2. The molecule has 0 spiro atoms. The van der Waals surface area contributed by atoms with Crippen molar-refractivity contribution in [2.24, 2.45) is 0 Å². The van der Waals surface area contributed by atoms with Gasteiger partial charge in [0.05, 0.1) is 25.4 Å². The summed E-state index contributed by atoms with van der Waals surface area (Å²) in [5, 5.41) is 0. The third-order valence-electron chi connectivity index (χ3n) is 2.47. The topological polar surface area (TPSA) is 54.0 Å². The van der Waals surface area contributed by atoms with E-state index in [4.69, 9.17) is 41.7 Å². The normalized spacial score (nSPS) is 44.1. The van der Waals surface area contributed by atoms with Gasteiger partial charge in [-0.05, 0) is 50.3 Å². The van der Waals surface area contributed by atoms with Crippen molar-refractivity contribution in [3.63, 3.8) is 0 Å². The molecule has 4 unspecified atom stereocenters. The van der Waals surface area contributed by atoms with Crippen molar-refractivity contribution < 1.29 is 22.3 Å². The highest BCUT2D eigenvalue weighted by Gasteiger charge is 2.36. The lowest BCUT2D eigenvalue weighted by atomic mass is 10.3. The molecule has 2 aliphatic heterocycles. The zero-order valence-corrected chi connectivity index (χ0v) is 16.8. The molecule has 0 radical (unpaired) electrons. The first-order valence-electron chi connectivity index (χ1n) is 5.98. The monoisotopic (exact) mass is 414 g/mol. The molecular formula is C8H16O5P2S5. The molecule has 2 heterocycles. The van der Waals surface area contributed by atoms with Gasteiger partial charge >= 0.3 is 0 Å². The molecule has 2 saturated heterocycles. The van der Waals surface area contributed by atoms with Crippen LogP contribution in [0.3, 0.4) is 0 Å². The molecular weight excluding hydrogens is 398 g/mol. The number of hydrogen-bond donors (Lipinski definition) is 0. The highest BCUT2D eigenvalue weighted by Crippen LogP contribution is 2.72. The molecule has 12 heteroatoms. The lowest BCUT2D eigenvalue weighted by Crippen LogP contribution is -2.16. The quantitative estimate of drug-likeness (QED) is 0.499. The largest absolute Gasteiger partial charge is 0.321 e. The first-order valence-corrected chi connectivity index (χ1v) is 16.3. The van der Waals surface area contributed by atoms with Crippen molar-refractivity contribution in [2.45, 2.75) is 38.9 Å². The van der Waals surface area contributed by atoms with Gasteiger partial charge < -0.3 is 18.1 Å². The van der Waals surface area contributed by atoms with Gasteiger partial charge in [-0.1, -0.05) is 0 Å². The average Bonchev–Trinajstić information content (AvgIpc) is 2.25. The van der Waals surface area contributed by atoms with E-state index in [9.17, 15) is 4.21 Å². The van der Waals surface area contributed by atoms with E-state index < -0.39 is 20.3 Å². The fourth-order valence-corrected chi connectivity index (χ4v) is 24.6.